The Kier molecular flexibility index (Phi) is 2.70. The Morgan fingerprint density at radius 1 is 1.25 bits per heavy atom. The Bertz CT molecular complexity index is 464. The molecular weight excluding hydrogens is 208 g/mol. The van der Waals surface area contributed by atoms with E-state index >= 15 is 0 Å². The smallest absolute Gasteiger partial charge is 0.163 e. The number of benzene rings is 1. The van der Waals surface area contributed by atoms with Gasteiger partial charge in [-0.25, -0.2) is 4.98 Å². The maximum atomic E-state index is 9.42. The fourth-order valence-corrected chi connectivity index (χ4v) is 1.55. The number of aromatic amines is 1. The van der Waals surface area contributed by atoms with E-state index in [-0.39, 0.29) is 0 Å². The molecule has 5 heteroatoms. The molecule has 0 aliphatic rings. The van der Waals surface area contributed by atoms with Crippen LogP contribution in [0.3, 0.4) is 0 Å². The van der Waals surface area contributed by atoms with Crippen LogP contribution in [0.4, 0.5) is 0 Å². The quantitative estimate of drug-likeness (QED) is 0.828. The second-order valence-electron chi connectivity index (χ2n) is 3.52. The number of fused-ring (bicyclic) bond motifs is 1. The molecule has 0 bridgehead atoms. The van der Waals surface area contributed by atoms with Crippen LogP contribution in [0.1, 0.15) is 18.9 Å². The number of imidazole rings is 1. The van der Waals surface area contributed by atoms with Crippen LogP contribution in [0, 0.1) is 0 Å². The first-order valence-electron chi connectivity index (χ1n) is 4.95. The summed E-state index contributed by atoms with van der Waals surface area (Å²) in [7, 11) is 3.15. The van der Waals surface area contributed by atoms with E-state index in [1.54, 1.807) is 33.3 Å². The standard InChI is InChI=1S/C11H14N2O3/c1-6(14)11-12-7-4-9(15-2)10(16-3)5-8(7)13-11/h4-6,14H,1-3H3,(H,12,13)/t6-/m0/s1. The van der Waals surface area contributed by atoms with Crippen LogP contribution in [0.5, 0.6) is 11.5 Å². The highest BCUT2D eigenvalue weighted by atomic mass is 16.5. The Balaban J connectivity index is 2.60. The summed E-state index contributed by atoms with van der Waals surface area (Å²) < 4.78 is 10.4. The van der Waals surface area contributed by atoms with Crippen molar-refractivity contribution in [3.05, 3.63) is 18.0 Å². The average Bonchev–Trinajstić information content (AvgIpc) is 2.69. The number of H-pyrrole nitrogens is 1. The molecule has 5 nitrogen and oxygen atoms in total. The summed E-state index contributed by atoms with van der Waals surface area (Å²) in [5.41, 5.74) is 1.56. The van der Waals surface area contributed by atoms with Crippen molar-refractivity contribution in [2.24, 2.45) is 0 Å². The van der Waals surface area contributed by atoms with Crippen LogP contribution in [0.25, 0.3) is 11.0 Å². The Morgan fingerprint density at radius 2 is 1.88 bits per heavy atom. The Labute approximate surface area is 93.0 Å². The van der Waals surface area contributed by atoms with Crippen molar-refractivity contribution in [1.29, 1.82) is 0 Å². The van der Waals surface area contributed by atoms with Crippen LogP contribution >= 0.6 is 0 Å². The van der Waals surface area contributed by atoms with E-state index in [0.29, 0.717) is 17.3 Å². The molecule has 1 heterocycles. The molecular formula is C11H14N2O3. The lowest BCUT2D eigenvalue weighted by atomic mass is 10.3. The number of ether oxygens (including phenoxy) is 2. The lowest BCUT2D eigenvalue weighted by Crippen LogP contribution is -1.92. The van der Waals surface area contributed by atoms with Gasteiger partial charge in [0.2, 0.25) is 0 Å². The fourth-order valence-electron chi connectivity index (χ4n) is 1.55. The first-order valence-corrected chi connectivity index (χ1v) is 4.95. The highest BCUT2D eigenvalue weighted by Crippen LogP contribution is 2.31. The van der Waals surface area contributed by atoms with Crippen molar-refractivity contribution < 1.29 is 14.6 Å². The van der Waals surface area contributed by atoms with Crippen molar-refractivity contribution in [3.63, 3.8) is 0 Å². The van der Waals surface area contributed by atoms with Gasteiger partial charge in [-0.3, -0.25) is 0 Å². The number of aliphatic hydroxyl groups excluding tert-OH is 1. The molecule has 1 aromatic carbocycles. The zero-order valence-corrected chi connectivity index (χ0v) is 9.44. The van der Waals surface area contributed by atoms with Crippen LogP contribution in [0.2, 0.25) is 0 Å². The zero-order valence-electron chi connectivity index (χ0n) is 9.44. The fraction of sp³-hybridized carbons (Fsp3) is 0.364. The maximum absolute atomic E-state index is 9.42. The number of nitrogens with one attached hydrogen (secondary N) is 1. The van der Waals surface area contributed by atoms with Gasteiger partial charge in [0.15, 0.2) is 11.5 Å². The number of nitrogens with zero attached hydrogens (tertiary/aromatic N) is 1. The summed E-state index contributed by atoms with van der Waals surface area (Å²) in [5.74, 6) is 1.79. The molecule has 16 heavy (non-hydrogen) atoms. The van der Waals surface area contributed by atoms with Gasteiger partial charge in [-0.05, 0) is 6.92 Å². The number of methoxy groups -OCH3 is 2. The molecule has 2 rings (SSSR count). The van der Waals surface area contributed by atoms with Crippen molar-refractivity contribution in [2.45, 2.75) is 13.0 Å². The molecule has 1 aromatic heterocycles. The minimum absolute atomic E-state index is 0.533. The zero-order chi connectivity index (χ0) is 11.7. The van der Waals surface area contributed by atoms with E-state index in [1.807, 2.05) is 0 Å². The van der Waals surface area contributed by atoms with Gasteiger partial charge in [0.05, 0.1) is 25.3 Å². The SMILES string of the molecule is COc1cc2nc([C@H](C)O)[nH]c2cc1OC. The van der Waals surface area contributed by atoms with Crippen molar-refractivity contribution in [3.8, 4) is 11.5 Å². The van der Waals surface area contributed by atoms with Gasteiger partial charge in [0.1, 0.15) is 11.9 Å². The van der Waals surface area contributed by atoms with E-state index in [0.717, 1.165) is 11.0 Å². The van der Waals surface area contributed by atoms with Crippen molar-refractivity contribution >= 4 is 11.0 Å². The molecule has 86 valence electrons. The third kappa shape index (κ3) is 1.69. The van der Waals surface area contributed by atoms with E-state index in [2.05, 4.69) is 9.97 Å². The predicted molar refractivity (Wildman–Crippen MR) is 59.8 cm³/mol. The van der Waals surface area contributed by atoms with Crippen LogP contribution < -0.4 is 9.47 Å². The Hall–Kier alpha value is -1.75. The highest BCUT2D eigenvalue weighted by molar-refractivity contribution is 5.79. The molecule has 0 aliphatic heterocycles. The third-order valence-electron chi connectivity index (χ3n) is 2.40. The molecule has 0 fully saturated rings. The van der Waals surface area contributed by atoms with Crippen molar-refractivity contribution in [2.75, 3.05) is 14.2 Å². The molecule has 0 spiro atoms. The van der Waals surface area contributed by atoms with Crippen molar-refractivity contribution in [1.82, 2.24) is 9.97 Å². The predicted octanol–water partition coefficient (Wildman–Crippen LogP) is 1.63. The second kappa shape index (κ2) is 4.02. The van der Waals surface area contributed by atoms with Crippen LogP contribution in [-0.4, -0.2) is 29.3 Å². The number of aromatic nitrogens is 2. The van der Waals surface area contributed by atoms with Crippen LogP contribution in [-0.2, 0) is 0 Å². The number of hydrogen-bond donors (Lipinski definition) is 2. The molecule has 0 radical (unpaired) electrons. The third-order valence-corrected chi connectivity index (χ3v) is 2.40. The van der Waals surface area contributed by atoms with Gasteiger partial charge in [0.25, 0.3) is 0 Å². The van der Waals surface area contributed by atoms with Gasteiger partial charge in [-0.1, -0.05) is 0 Å². The van der Waals surface area contributed by atoms with E-state index in [1.165, 1.54) is 0 Å². The minimum atomic E-state index is -0.621. The van der Waals surface area contributed by atoms with Gasteiger partial charge < -0.3 is 19.6 Å². The van der Waals surface area contributed by atoms with Gasteiger partial charge in [-0.2, -0.15) is 0 Å². The molecule has 0 unspecified atom stereocenters. The normalized spacial score (nSPS) is 12.8. The second-order valence-corrected chi connectivity index (χ2v) is 3.52. The summed E-state index contributed by atoms with van der Waals surface area (Å²) in [5, 5.41) is 9.42. The number of aliphatic hydroxyl groups is 1. The molecule has 0 saturated heterocycles. The van der Waals surface area contributed by atoms with Crippen LogP contribution in [0.15, 0.2) is 12.1 Å². The summed E-state index contributed by atoms with van der Waals surface area (Å²) in [6, 6.07) is 3.57. The van der Waals surface area contributed by atoms with Gasteiger partial charge >= 0.3 is 0 Å². The molecule has 0 aliphatic carbocycles. The molecule has 0 saturated carbocycles. The summed E-state index contributed by atoms with van der Waals surface area (Å²) in [6.45, 7) is 1.66. The monoisotopic (exact) mass is 222 g/mol. The van der Waals surface area contributed by atoms with Gasteiger partial charge in [-0.15, -0.1) is 0 Å². The number of rotatable bonds is 3. The molecule has 1 atom stereocenters. The average molecular weight is 222 g/mol. The lowest BCUT2D eigenvalue weighted by Gasteiger charge is -2.06. The highest BCUT2D eigenvalue weighted by Gasteiger charge is 2.11. The molecule has 2 aromatic rings. The largest absolute Gasteiger partial charge is 0.493 e. The Morgan fingerprint density at radius 3 is 2.44 bits per heavy atom. The summed E-state index contributed by atoms with van der Waals surface area (Å²) in [4.78, 5) is 7.28. The lowest BCUT2D eigenvalue weighted by molar-refractivity contribution is 0.190. The van der Waals surface area contributed by atoms with E-state index in [4.69, 9.17) is 9.47 Å². The maximum Gasteiger partial charge on any atom is 0.163 e. The molecule has 0 amide bonds. The first-order chi connectivity index (χ1) is 7.65. The summed E-state index contributed by atoms with van der Waals surface area (Å²) in [6.07, 6.45) is -0.621. The van der Waals surface area contributed by atoms with E-state index < -0.39 is 6.10 Å². The molecule has 2 N–H and O–H groups in total. The first kappa shape index (κ1) is 10.8. The summed E-state index contributed by atoms with van der Waals surface area (Å²) >= 11 is 0. The van der Waals surface area contributed by atoms with E-state index in [9.17, 15) is 5.11 Å². The minimum Gasteiger partial charge on any atom is -0.493 e. The number of hydrogen-bond acceptors (Lipinski definition) is 4. The topological polar surface area (TPSA) is 67.4 Å². The van der Waals surface area contributed by atoms with Gasteiger partial charge in [0, 0.05) is 12.1 Å².